The van der Waals surface area contributed by atoms with Crippen LogP contribution in [0.5, 0.6) is 0 Å². The number of benzene rings is 1. The molecule has 0 unspecified atom stereocenters. The summed E-state index contributed by atoms with van der Waals surface area (Å²) in [5.41, 5.74) is 1.20. The molecule has 0 fully saturated rings. The van der Waals surface area contributed by atoms with Crippen molar-refractivity contribution in [2.45, 2.75) is 11.8 Å². The number of nitrogens with zero attached hydrogens (tertiary/aromatic N) is 1. The summed E-state index contributed by atoms with van der Waals surface area (Å²) in [6, 6.07) is 6.08. The van der Waals surface area contributed by atoms with Gasteiger partial charge in [0, 0.05) is 22.7 Å². The van der Waals surface area contributed by atoms with Crippen molar-refractivity contribution in [3.05, 3.63) is 36.2 Å². The fraction of sp³-hybridized carbons (Fsp3) is 0.100. The van der Waals surface area contributed by atoms with Crippen LogP contribution >= 0.6 is 12.6 Å². The average Bonchev–Trinajstić information content (AvgIpc) is 2.07. The standard InChI is InChI=1S/C10H9NS/c1-7-5-11-6-9-8(7)3-2-4-10(9)12/h2-6,12H,1H3. The molecular weight excluding hydrogens is 166 g/mol. The minimum Gasteiger partial charge on any atom is -0.264 e. The van der Waals surface area contributed by atoms with E-state index in [1.807, 2.05) is 24.5 Å². The van der Waals surface area contributed by atoms with E-state index < -0.39 is 0 Å². The maximum atomic E-state index is 4.36. The highest BCUT2D eigenvalue weighted by molar-refractivity contribution is 7.80. The number of hydrogen-bond donors (Lipinski definition) is 1. The molecule has 60 valence electrons. The Kier molecular flexibility index (Phi) is 1.77. The molecule has 0 saturated heterocycles. The predicted octanol–water partition coefficient (Wildman–Crippen LogP) is 2.83. The summed E-state index contributed by atoms with van der Waals surface area (Å²) < 4.78 is 0. The Bertz CT molecular complexity index is 382. The molecule has 0 bridgehead atoms. The summed E-state index contributed by atoms with van der Waals surface area (Å²) >= 11 is 4.36. The van der Waals surface area contributed by atoms with Gasteiger partial charge >= 0.3 is 0 Å². The van der Waals surface area contributed by atoms with Crippen molar-refractivity contribution in [3.63, 3.8) is 0 Å². The first-order valence-corrected chi connectivity index (χ1v) is 4.26. The lowest BCUT2D eigenvalue weighted by atomic mass is 10.1. The highest BCUT2D eigenvalue weighted by atomic mass is 32.1. The Balaban J connectivity index is 2.94. The average molecular weight is 175 g/mol. The van der Waals surface area contributed by atoms with E-state index in [0.29, 0.717) is 0 Å². The molecule has 0 radical (unpaired) electrons. The normalized spacial score (nSPS) is 10.5. The lowest BCUT2D eigenvalue weighted by Gasteiger charge is -2.02. The third-order valence-corrected chi connectivity index (χ3v) is 2.37. The van der Waals surface area contributed by atoms with E-state index in [1.165, 1.54) is 10.9 Å². The van der Waals surface area contributed by atoms with Gasteiger partial charge in [-0.3, -0.25) is 4.98 Å². The first kappa shape index (κ1) is 7.62. The number of fused-ring (bicyclic) bond motifs is 1. The molecule has 0 atom stereocenters. The zero-order valence-corrected chi connectivity index (χ0v) is 7.68. The van der Waals surface area contributed by atoms with Gasteiger partial charge in [0.25, 0.3) is 0 Å². The maximum Gasteiger partial charge on any atom is 0.0357 e. The SMILES string of the molecule is Cc1cncc2c(S)cccc12. The van der Waals surface area contributed by atoms with E-state index in [-0.39, 0.29) is 0 Å². The second-order valence-electron chi connectivity index (χ2n) is 2.83. The van der Waals surface area contributed by atoms with Crippen molar-refractivity contribution in [1.29, 1.82) is 0 Å². The Morgan fingerprint density at radius 1 is 1.17 bits per heavy atom. The Morgan fingerprint density at radius 2 is 2.00 bits per heavy atom. The quantitative estimate of drug-likeness (QED) is 0.607. The van der Waals surface area contributed by atoms with Crippen molar-refractivity contribution in [2.75, 3.05) is 0 Å². The molecule has 1 aromatic heterocycles. The van der Waals surface area contributed by atoms with Gasteiger partial charge in [-0.15, -0.1) is 12.6 Å². The third-order valence-electron chi connectivity index (χ3n) is 1.98. The zero-order valence-electron chi connectivity index (χ0n) is 6.78. The van der Waals surface area contributed by atoms with Crippen LogP contribution in [0.1, 0.15) is 5.56 Å². The molecule has 1 nitrogen and oxygen atoms in total. The Labute approximate surface area is 76.9 Å². The lowest BCUT2D eigenvalue weighted by molar-refractivity contribution is 1.29. The molecule has 0 amide bonds. The molecule has 2 rings (SSSR count). The van der Waals surface area contributed by atoms with Gasteiger partial charge in [0.15, 0.2) is 0 Å². The van der Waals surface area contributed by atoms with Crippen molar-refractivity contribution >= 4 is 23.4 Å². The van der Waals surface area contributed by atoms with E-state index in [9.17, 15) is 0 Å². The molecule has 0 spiro atoms. The summed E-state index contributed by atoms with van der Waals surface area (Å²) in [5.74, 6) is 0. The summed E-state index contributed by atoms with van der Waals surface area (Å²) in [7, 11) is 0. The zero-order chi connectivity index (χ0) is 8.55. The van der Waals surface area contributed by atoms with Crippen molar-refractivity contribution in [1.82, 2.24) is 4.98 Å². The predicted molar refractivity (Wildman–Crippen MR) is 53.7 cm³/mol. The highest BCUT2D eigenvalue weighted by Crippen LogP contribution is 2.22. The van der Waals surface area contributed by atoms with Crippen molar-refractivity contribution < 1.29 is 0 Å². The van der Waals surface area contributed by atoms with E-state index in [0.717, 1.165) is 10.3 Å². The van der Waals surface area contributed by atoms with Gasteiger partial charge < -0.3 is 0 Å². The molecule has 2 aromatic rings. The van der Waals surface area contributed by atoms with Crippen LogP contribution in [-0.2, 0) is 0 Å². The molecule has 0 aliphatic rings. The van der Waals surface area contributed by atoms with Crippen LogP contribution < -0.4 is 0 Å². The number of thiol groups is 1. The minimum absolute atomic E-state index is 0.990. The minimum atomic E-state index is 0.990. The van der Waals surface area contributed by atoms with Gasteiger partial charge in [0.05, 0.1) is 0 Å². The number of aryl methyl sites for hydroxylation is 1. The maximum absolute atomic E-state index is 4.36. The molecule has 0 N–H and O–H groups in total. The summed E-state index contributed by atoms with van der Waals surface area (Å²) in [4.78, 5) is 5.11. The Morgan fingerprint density at radius 3 is 2.75 bits per heavy atom. The molecule has 0 aliphatic heterocycles. The molecular formula is C10H9NS. The van der Waals surface area contributed by atoms with Crippen LogP contribution in [-0.4, -0.2) is 4.98 Å². The van der Waals surface area contributed by atoms with E-state index >= 15 is 0 Å². The first-order valence-electron chi connectivity index (χ1n) is 3.81. The van der Waals surface area contributed by atoms with E-state index in [1.54, 1.807) is 0 Å². The molecule has 2 heteroatoms. The first-order chi connectivity index (χ1) is 5.79. The van der Waals surface area contributed by atoms with Gasteiger partial charge in [0.2, 0.25) is 0 Å². The van der Waals surface area contributed by atoms with Gasteiger partial charge in [-0.2, -0.15) is 0 Å². The number of hydrogen-bond acceptors (Lipinski definition) is 2. The van der Waals surface area contributed by atoms with Crippen LogP contribution in [0.3, 0.4) is 0 Å². The Hall–Kier alpha value is -1.02. The van der Waals surface area contributed by atoms with Crippen LogP contribution in [0.4, 0.5) is 0 Å². The highest BCUT2D eigenvalue weighted by Gasteiger charge is 1.98. The summed E-state index contributed by atoms with van der Waals surface area (Å²) in [5, 5.41) is 2.36. The van der Waals surface area contributed by atoms with Crippen molar-refractivity contribution in [3.8, 4) is 0 Å². The molecule has 0 aliphatic carbocycles. The number of pyridine rings is 1. The smallest absolute Gasteiger partial charge is 0.0357 e. The second-order valence-corrected chi connectivity index (χ2v) is 3.31. The topological polar surface area (TPSA) is 12.9 Å². The molecule has 1 aromatic carbocycles. The fourth-order valence-electron chi connectivity index (χ4n) is 1.33. The molecule has 12 heavy (non-hydrogen) atoms. The van der Waals surface area contributed by atoms with Gasteiger partial charge in [-0.1, -0.05) is 12.1 Å². The van der Waals surface area contributed by atoms with Gasteiger partial charge in [0.1, 0.15) is 0 Å². The summed E-state index contributed by atoms with van der Waals surface area (Å²) in [6.45, 7) is 2.06. The van der Waals surface area contributed by atoms with E-state index in [4.69, 9.17) is 0 Å². The number of rotatable bonds is 0. The van der Waals surface area contributed by atoms with Gasteiger partial charge in [-0.25, -0.2) is 0 Å². The number of aromatic nitrogens is 1. The molecule has 1 heterocycles. The second kappa shape index (κ2) is 2.79. The van der Waals surface area contributed by atoms with Gasteiger partial charge in [-0.05, 0) is 23.9 Å². The largest absolute Gasteiger partial charge is 0.264 e. The third kappa shape index (κ3) is 1.08. The molecule has 0 saturated carbocycles. The van der Waals surface area contributed by atoms with Crippen LogP contribution in [0.2, 0.25) is 0 Å². The van der Waals surface area contributed by atoms with Crippen molar-refractivity contribution in [2.24, 2.45) is 0 Å². The fourth-order valence-corrected chi connectivity index (χ4v) is 1.59. The summed E-state index contributed by atoms with van der Waals surface area (Å²) in [6.07, 6.45) is 3.72. The van der Waals surface area contributed by atoms with Crippen LogP contribution in [0, 0.1) is 6.92 Å². The lowest BCUT2D eigenvalue weighted by Crippen LogP contribution is -1.81. The van der Waals surface area contributed by atoms with Crippen LogP contribution in [0.25, 0.3) is 10.8 Å². The van der Waals surface area contributed by atoms with E-state index in [2.05, 4.69) is 30.6 Å². The van der Waals surface area contributed by atoms with Crippen LogP contribution in [0.15, 0.2) is 35.5 Å². The monoisotopic (exact) mass is 175 g/mol.